The number of aliphatic hydroxyl groups excluding tert-OH is 1. The van der Waals surface area contributed by atoms with E-state index in [9.17, 15) is 9.90 Å². The molecule has 4 rings (SSSR count). The van der Waals surface area contributed by atoms with Gasteiger partial charge in [-0.05, 0) is 43.1 Å². The maximum atomic E-state index is 12.4. The summed E-state index contributed by atoms with van der Waals surface area (Å²) < 4.78 is 0. The number of benzene rings is 1. The van der Waals surface area contributed by atoms with Gasteiger partial charge in [-0.3, -0.25) is 9.69 Å². The van der Waals surface area contributed by atoms with Crippen molar-refractivity contribution in [3.05, 3.63) is 35.9 Å². The third-order valence-electron chi connectivity index (χ3n) is 6.40. The standard InChI is InChI=1S/C20H29N3O2.2ClH/c21-17(13-24)20(25)22-10-14-9-16(12-22)19-8-4-7-18(23(19)11-14)15-5-2-1-3-6-15;;/h1-3,5-6,14,16-19,24H,4,7-13,21H2;2*1H/t14-,16+,17-,18+,19-;;/m0../s1. The van der Waals surface area contributed by atoms with Gasteiger partial charge in [0, 0.05) is 31.7 Å². The first-order chi connectivity index (χ1) is 12.2. The molecule has 5 atom stereocenters. The first kappa shape index (κ1) is 22.4. The molecule has 1 aromatic rings. The molecule has 1 aromatic carbocycles. The Hall–Kier alpha value is -0.850. The van der Waals surface area contributed by atoms with E-state index < -0.39 is 6.04 Å². The zero-order valence-electron chi connectivity index (χ0n) is 15.6. The van der Waals surface area contributed by atoms with Crippen LogP contribution in [-0.2, 0) is 4.79 Å². The SMILES string of the molecule is Cl.Cl.N[C@@H](CO)C(=O)N1C[C@@H]2C[C@H](C1)[C@@H]1CCC[C@H](c3ccccc3)N1C2. The first-order valence-corrected chi connectivity index (χ1v) is 9.63. The number of carbonyl (C=O) groups excluding carboxylic acids is 1. The number of amides is 1. The van der Waals surface area contributed by atoms with E-state index in [1.165, 1.54) is 31.2 Å². The van der Waals surface area contributed by atoms with Gasteiger partial charge in [0.25, 0.3) is 0 Å². The Bertz CT molecular complexity index is 619. The Kier molecular flexibility index (Phi) is 7.95. The molecule has 3 aliphatic heterocycles. The van der Waals surface area contributed by atoms with Gasteiger partial charge in [-0.25, -0.2) is 0 Å². The summed E-state index contributed by atoms with van der Waals surface area (Å²) in [5.41, 5.74) is 7.21. The van der Waals surface area contributed by atoms with E-state index >= 15 is 0 Å². The maximum Gasteiger partial charge on any atom is 0.241 e. The molecule has 7 heteroatoms. The van der Waals surface area contributed by atoms with Crippen LogP contribution < -0.4 is 5.73 Å². The smallest absolute Gasteiger partial charge is 0.241 e. The summed E-state index contributed by atoms with van der Waals surface area (Å²) in [6.45, 7) is 2.38. The van der Waals surface area contributed by atoms with E-state index in [1.54, 1.807) is 0 Å². The van der Waals surface area contributed by atoms with Gasteiger partial charge in [-0.1, -0.05) is 30.3 Å². The quantitative estimate of drug-likeness (QED) is 0.793. The molecule has 3 N–H and O–H groups in total. The van der Waals surface area contributed by atoms with E-state index in [-0.39, 0.29) is 37.3 Å². The van der Waals surface area contributed by atoms with Crippen molar-refractivity contribution in [2.75, 3.05) is 26.2 Å². The number of rotatable bonds is 3. The van der Waals surface area contributed by atoms with Crippen LogP contribution in [0.5, 0.6) is 0 Å². The van der Waals surface area contributed by atoms with Crippen molar-refractivity contribution in [3.63, 3.8) is 0 Å². The van der Waals surface area contributed by atoms with Crippen molar-refractivity contribution in [1.29, 1.82) is 0 Å². The Labute approximate surface area is 174 Å². The lowest BCUT2D eigenvalue weighted by Crippen LogP contribution is -2.62. The molecule has 3 heterocycles. The fourth-order valence-corrected chi connectivity index (χ4v) is 5.33. The molecule has 0 aromatic heterocycles. The Morgan fingerprint density at radius 2 is 1.89 bits per heavy atom. The highest BCUT2D eigenvalue weighted by Gasteiger charge is 2.46. The highest BCUT2D eigenvalue weighted by atomic mass is 35.5. The molecule has 1 amide bonds. The van der Waals surface area contributed by atoms with Crippen molar-refractivity contribution in [2.24, 2.45) is 17.6 Å². The van der Waals surface area contributed by atoms with E-state index in [0.717, 1.165) is 19.6 Å². The van der Waals surface area contributed by atoms with Gasteiger partial charge in [-0.15, -0.1) is 24.8 Å². The number of hydrogen-bond donors (Lipinski definition) is 2. The Morgan fingerprint density at radius 3 is 2.59 bits per heavy atom. The minimum atomic E-state index is -0.765. The minimum absolute atomic E-state index is 0. The van der Waals surface area contributed by atoms with Gasteiger partial charge < -0.3 is 15.7 Å². The molecule has 152 valence electrons. The van der Waals surface area contributed by atoms with Gasteiger partial charge >= 0.3 is 0 Å². The van der Waals surface area contributed by atoms with E-state index in [2.05, 4.69) is 35.2 Å². The number of piperidine rings is 3. The van der Waals surface area contributed by atoms with Crippen LogP contribution >= 0.6 is 24.8 Å². The van der Waals surface area contributed by atoms with Crippen molar-refractivity contribution in [2.45, 2.75) is 43.8 Å². The van der Waals surface area contributed by atoms with E-state index in [1.807, 2.05) is 4.90 Å². The highest BCUT2D eigenvalue weighted by molar-refractivity contribution is 5.85. The van der Waals surface area contributed by atoms with Crippen LogP contribution in [0.1, 0.15) is 37.3 Å². The van der Waals surface area contributed by atoms with Crippen LogP contribution in [0.4, 0.5) is 0 Å². The third-order valence-corrected chi connectivity index (χ3v) is 6.40. The number of aliphatic hydroxyl groups is 1. The second-order valence-electron chi connectivity index (χ2n) is 8.02. The molecule has 3 saturated heterocycles. The lowest BCUT2D eigenvalue weighted by atomic mass is 9.74. The minimum Gasteiger partial charge on any atom is -0.394 e. The lowest BCUT2D eigenvalue weighted by Gasteiger charge is -2.55. The first-order valence-electron chi connectivity index (χ1n) is 9.63. The molecule has 0 unspecified atom stereocenters. The monoisotopic (exact) mass is 415 g/mol. The molecular formula is C20H31Cl2N3O2. The van der Waals surface area contributed by atoms with Gasteiger partial charge in [0.2, 0.25) is 5.91 Å². The molecule has 27 heavy (non-hydrogen) atoms. The summed E-state index contributed by atoms with van der Waals surface area (Å²) >= 11 is 0. The molecule has 2 bridgehead atoms. The van der Waals surface area contributed by atoms with Gasteiger partial charge in [0.1, 0.15) is 6.04 Å². The predicted octanol–water partition coefficient (Wildman–Crippen LogP) is 2.22. The van der Waals surface area contributed by atoms with Gasteiger partial charge in [0.05, 0.1) is 6.61 Å². The van der Waals surface area contributed by atoms with Crippen LogP contribution in [-0.4, -0.2) is 59.1 Å². The van der Waals surface area contributed by atoms with Crippen LogP contribution in [0, 0.1) is 11.8 Å². The summed E-state index contributed by atoms with van der Waals surface area (Å²) in [7, 11) is 0. The van der Waals surface area contributed by atoms with Crippen LogP contribution in [0.15, 0.2) is 30.3 Å². The number of carbonyl (C=O) groups is 1. The normalized spacial score (nSPS) is 31.1. The van der Waals surface area contributed by atoms with Crippen LogP contribution in [0.2, 0.25) is 0 Å². The second-order valence-corrected chi connectivity index (χ2v) is 8.02. The molecular weight excluding hydrogens is 385 g/mol. The number of fused-ring (bicyclic) bond motifs is 4. The summed E-state index contributed by atoms with van der Waals surface area (Å²) in [5.74, 6) is 0.976. The largest absolute Gasteiger partial charge is 0.394 e. The topological polar surface area (TPSA) is 69.8 Å². The molecule has 5 nitrogen and oxygen atoms in total. The third kappa shape index (κ3) is 4.43. The summed E-state index contributed by atoms with van der Waals surface area (Å²) in [6, 6.07) is 11.2. The Balaban J connectivity index is 0.00000131. The average Bonchev–Trinajstić information content (AvgIpc) is 2.67. The van der Waals surface area contributed by atoms with Crippen LogP contribution in [0.25, 0.3) is 0 Å². The van der Waals surface area contributed by atoms with Gasteiger partial charge in [0.15, 0.2) is 0 Å². The summed E-state index contributed by atoms with van der Waals surface area (Å²) in [5, 5.41) is 9.21. The number of hydrogen-bond acceptors (Lipinski definition) is 4. The molecule has 0 radical (unpaired) electrons. The lowest BCUT2D eigenvalue weighted by molar-refractivity contribution is -0.141. The number of halogens is 2. The van der Waals surface area contributed by atoms with Crippen molar-refractivity contribution in [1.82, 2.24) is 9.80 Å². The fourth-order valence-electron chi connectivity index (χ4n) is 5.33. The second kappa shape index (κ2) is 9.57. The summed E-state index contributed by atoms with van der Waals surface area (Å²) in [6.07, 6.45) is 4.94. The molecule has 3 aliphatic rings. The van der Waals surface area contributed by atoms with E-state index in [0.29, 0.717) is 23.9 Å². The van der Waals surface area contributed by atoms with Crippen molar-refractivity contribution < 1.29 is 9.90 Å². The predicted molar refractivity (Wildman–Crippen MR) is 111 cm³/mol. The summed E-state index contributed by atoms with van der Waals surface area (Å²) in [4.78, 5) is 17.1. The molecule has 0 spiro atoms. The maximum absolute atomic E-state index is 12.4. The van der Waals surface area contributed by atoms with Gasteiger partial charge in [-0.2, -0.15) is 0 Å². The molecule has 0 aliphatic carbocycles. The zero-order valence-corrected chi connectivity index (χ0v) is 17.2. The number of nitrogens with zero attached hydrogens (tertiary/aromatic N) is 2. The number of nitrogens with two attached hydrogens (primary N) is 1. The van der Waals surface area contributed by atoms with Crippen LogP contribution in [0.3, 0.4) is 0 Å². The average molecular weight is 416 g/mol. The zero-order chi connectivity index (χ0) is 17.4. The highest BCUT2D eigenvalue weighted by Crippen LogP contribution is 2.44. The van der Waals surface area contributed by atoms with Crippen molar-refractivity contribution in [3.8, 4) is 0 Å². The Morgan fingerprint density at radius 1 is 1.15 bits per heavy atom. The molecule has 3 fully saturated rings. The number of likely N-dealkylation sites (tertiary alicyclic amines) is 1. The van der Waals surface area contributed by atoms with Crippen molar-refractivity contribution >= 4 is 30.7 Å². The van der Waals surface area contributed by atoms with E-state index in [4.69, 9.17) is 5.73 Å². The fraction of sp³-hybridized carbons (Fsp3) is 0.650. The molecule has 0 saturated carbocycles.